The summed E-state index contributed by atoms with van der Waals surface area (Å²) in [6.45, 7) is 2.13. The molecule has 0 spiro atoms. The number of fused-ring (bicyclic) bond motifs is 1. The normalized spacial score (nSPS) is 13.7. The van der Waals surface area contributed by atoms with E-state index in [1.807, 2.05) is 6.92 Å². The zero-order valence-corrected chi connectivity index (χ0v) is 14.9. The molecule has 6 nitrogen and oxygen atoms in total. The van der Waals surface area contributed by atoms with E-state index in [-0.39, 0.29) is 12.4 Å². The number of aromatic nitrogens is 5. The van der Waals surface area contributed by atoms with Gasteiger partial charge in [0.25, 0.3) is 0 Å². The van der Waals surface area contributed by atoms with Gasteiger partial charge in [-0.15, -0.1) is 0 Å². The highest BCUT2D eigenvalue weighted by Crippen LogP contribution is 2.35. The molecule has 4 aromatic rings. The van der Waals surface area contributed by atoms with Gasteiger partial charge in [0, 0.05) is 17.4 Å². The minimum Gasteiger partial charge on any atom is -0.382 e. The Balaban J connectivity index is 1.82. The smallest absolute Gasteiger partial charge is 0.153 e. The number of nitrogen functional groups attached to an aromatic ring is 1. The Hall–Kier alpha value is -3.36. The fourth-order valence-corrected chi connectivity index (χ4v) is 3.46. The van der Waals surface area contributed by atoms with Crippen molar-refractivity contribution in [2.24, 2.45) is 0 Å². The predicted octanol–water partition coefficient (Wildman–Crippen LogP) is 3.67. The highest BCUT2D eigenvalue weighted by atomic mass is 19.1. The van der Waals surface area contributed by atoms with Crippen LogP contribution in [0.5, 0.6) is 0 Å². The molecule has 0 radical (unpaired) electrons. The van der Waals surface area contributed by atoms with E-state index >= 15 is 0 Å². The number of hydrogen-bond acceptors (Lipinski definition) is 4. The van der Waals surface area contributed by atoms with E-state index in [0.717, 1.165) is 6.07 Å². The Morgan fingerprint density at radius 3 is 2.54 bits per heavy atom. The lowest BCUT2D eigenvalue weighted by Crippen LogP contribution is -2.22. The summed E-state index contributed by atoms with van der Waals surface area (Å²) in [6.07, 6.45) is 2.90. The molecular formula is C19H17F3N6. The van der Waals surface area contributed by atoms with Gasteiger partial charge in [-0.25, -0.2) is 18.2 Å². The van der Waals surface area contributed by atoms with Gasteiger partial charge < -0.3 is 5.73 Å². The Morgan fingerprint density at radius 1 is 1.07 bits per heavy atom. The summed E-state index contributed by atoms with van der Waals surface area (Å²) in [5, 5.41) is 8.91. The fourth-order valence-electron chi connectivity index (χ4n) is 3.46. The number of rotatable bonds is 5. The molecule has 0 amide bonds. The van der Waals surface area contributed by atoms with E-state index in [0.29, 0.717) is 16.5 Å². The first-order chi connectivity index (χ1) is 13.4. The number of hydrogen-bond donors (Lipinski definition) is 1. The molecule has 0 aliphatic rings. The lowest BCUT2D eigenvalue weighted by molar-refractivity contribution is 0.358. The molecule has 0 unspecified atom stereocenters. The van der Waals surface area contributed by atoms with Crippen LogP contribution in [0.2, 0.25) is 0 Å². The first-order valence-corrected chi connectivity index (χ1v) is 8.64. The highest BCUT2D eigenvalue weighted by molar-refractivity contribution is 5.89. The molecule has 0 saturated carbocycles. The fraction of sp³-hybridized carbons (Fsp3) is 0.211. The number of nitrogens with zero attached hydrogens (tertiary/aromatic N) is 5. The van der Waals surface area contributed by atoms with Crippen LogP contribution < -0.4 is 5.73 Å². The summed E-state index contributed by atoms with van der Waals surface area (Å²) < 4.78 is 44.8. The van der Waals surface area contributed by atoms with Crippen LogP contribution in [-0.2, 0) is 6.54 Å². The van der Waals surface area contributed by atoms with Crippen molar-refractivity contribution in [3.8, 4) is 0 Å². The molecule has 9 heteroatoms. The van der Waals surface area contributed by atoms with E-state index < -0.39 is 29.4 Å². The van der Waals surface area contributed by atoms with Crippen LogP contribution in [0.3, 0.4) is 0 Å². The summed E-state index contributed by atoms with van der Waals surface area (Å²) in [4.78, 5) is 3.92. The van der Waals surface area contributed by atoms with Crippen LogP contribution >= 0.6 is 0 Å². The van der Waals surface area contributed by atoms with Crippen LogP contribution in [0.25, 0.3) is 10.9 Å². The molecule has 0 bridgehead atoms. The van der Waals surface area contributed by atoms with Gasteiger partial charge in [-0.2, -0.15) is 10.2 Å². The molecule has 0 saturated heterocycles. The minimum atomic E-state index is -0.660. The maximum Gasteiger partial charge on any atom is 0.153 e. The van der Waals surface area contributed by atoms with E-state index in [2.05, 4.69) is 15.2 Å². The van der Waals surface area contributed by atoms with Gasteiger partial charge >= 0.3 is 0 Å². The van der Waals surface area contributed by atoms with Crippen molar-refractivity contribution >= 4 is 16.7 Å². The molecule has 2 atom stereocenters. The molecular weight excluding hydrogens is 369 g/mol. The van der Waals surface area contributed by atoms with Crippen LogP contribution in [0.4, 0.5) is 19.0 Å². The van der Waals surface area contributed by atoms with E-state index in [4.69, 9.17) is 5.73 Å². The number of anilines is 1. The Morgan fingerprint density at radius 2 is 1.82 bits per heavy atom. The van der Waals surface area contributed by atoms with Gasteiger partial charge in [-0.05, 0) is 36.8 Å². The molecule has 0 aliphatic carbocycles. The molecule has 0 aliphatic heterocycles. The van der Waals surface area contributed by atoms with Crippen LogP contribution in [-0.4, -0.2) is 24.5 Å². The third-order valence-electron chi connectivity index (χ3n) is 4.88. The van der Waals surface area contributed by atoms with Crippen LogP contribution in [0, 0.1) is 17.5 Å². The van der Waals surface area contributed by atoms with Crippen molar-refractivity contribution in [3.63, 3.8) is 0 Å². The monoisotopic (exact) mass is 386 g/mol. The van der Waals surface area contributed by atoms with E-state index in [1.54, 1.807) is 15.4 Å². The van der Waals surface area contributed by atoms with Crippen LogP contribution in [0.15, 0.2) is 49.1 Å². The minimum absolute atomic E-state index is 0.181. The quantitative estimate of drug-likeness (QED) is 0.568. The molecule has 2 heterocycles. The van der Waals surface area contributed by atoms with Crippen molar-refractivity contribution in [1.29, 1.82) is 0 Å². The van der Waals surface area contributed by atoms with E-state index in [9.17, 15) is 13.2 Å². The molecule has 2 aromatic heterocycles. The second-order valence-electron chi connectivity index (χ2n) is 6.62. The molecule has 4 rings (SSSR count). The predicted molar refractivity (Wildman–Crippen MR) is 97.9 cm³/mol. The summed E-state index contributed by atoms with van der Waals surface area (Å²) in [5.74, 6) is -2.02. The second kappa shape index (κ2) is 6.99. The summed E-state index contributed by atoms with van der Waals surface area (Å²) >= 11 is 0. The van der Waals surface area contributed by atoms with Crippen molar-refractivity contribution in [1.82, 2.24) is 24.5 Å². The van der Waals surface area contributed by atoms with Gasteiger partial charge in [0.05, 0.1) is 18.1 Å². The number of halogens is 3. The zero-order chi connectivity index (χ0) is 19.8. The molecule has 2 N–H and O–H groups in total. The highest BCUT2D eigenvalue weighted by Gasteiger charge is 2.27. The van der Waals surface area contributed by atoms with E-state index in [1.165, 1.54) is 36.9 Å². The second-order valence-corrected chi connectivity index (χ2v) is 6.62. The topological polar surface area (TPSA) is 74.5 Å². The van der Waals surface area contributed by atoms with Gasteiger partial charge in [0.1, 0.15) is 30.1 Å². The third kappa shape index (κ3) is 3.19. The van der Waals surface area contributed by atoms with Crippen molar-refractivity contribution < 1.29 is 13.2 Å². The van der Waals surface area contributed by atoms with Gasteiger partial charge in [0.15, 0.2) is 5.82 Å². The number of nitrogens with two attached hydrogens (primary N) is 1. The Labute approximate surface area is 158 Å². The van der Waals surface area contributed by atoms with Crippen LogP contribution in [0.1, 0.15) is 24.4 Å². The zero-order valence-electron chi connectivity index (χ0n) is 14.9. The average molecular weight is 386 g/mol. The summed E-state index contributed by atoms with van der Waals surface area (Å²) in [6, 6.07) is 7.29. The lowest BCUT2D eigenvalue weighted by Gasteiger charge is -2.26. The average Bonchev–Trinajstić information content (AvgIpc) is 3.28. The molecule has 0 fully saturated rings. The number of benzene rings is 2. The maximum absolute atomic E-state index is 14.6. The summed E-state index contributed by atoms with van der Waals surface area (Å²) in [7, 11) is 0. The first-order valence-electron chi connectivity index (χ1n) is 8.64. The standard InChI is InChI=1S/C19H17F3N6/c1-11(28-18-5-3-12(20)6-15(18)19(23)26-28)16(8-27-10-24-9-25-27)14-4-2-13(21)7-17(14)22/h2-7,9-11,16H,8H2,1H3,(H2,23,26)/t11-,16-/m1/s1. The van der Waals surface area contributed by atoms with Crippen molar-refractivity contribution in [3.05, 3.63) is 72.1 Å². The van der Waals surface area contributed by atoms with Gasteiger partial charge in [-0.3, -0.25) is 9.36 Å². The molecule has 28 heavy (non-hydrogen) atoms. The van der Waals surface area contributed by atoms with Gasteiger partial charge in [-0.1, -0.05) is 6.07 Å². The van der Waals surface area contributed by atoms with Crippen molar-refractivity contribution in [2.45, 2.75) is 25.4 Å². The SMILES string of the molecule is C[C@H]([C@@H](Cn1cncn1)c1ccc(F)cc1F)n1nc(N)c2cc(F)ccc21. The largest absolute Gasteiger partial charge is 0.382 e. The molecule has 144 valence electrons. The van der Waals surface area contributed by atoms with Gasteiger partial charge in [0.2, 0.25) is 0 Å². The molecule has 2 aromatic carbocycles. The van der Waals surface area contributed by atoms with Crippen molar-refractivity contribution in [2.75, 3.05) is 5.73 Å². The Bertz CT molecular complexity index is 1120. The summed E-state index contributed by atoms with van der Waals surface area (Å²) in [5.41, 5.74) is 6.89. The third-order valence-corrected chi connectivity index (χ3v) is 4.88. The first kappa shape index (κ1) is 18.0. The maximum atomic E-state index is 14.6. The Kier molecular flexibility index (Phi) is 4.50. The lowest BCUT2D eigenvalue weighted by atomic mass is 9.91.